The monoisotopic (exact) mass is 424 g/mol. The molecule has 7 nitrogen and oxygen atoms in total. The molecule has 3 aromatic rings. The van der Waals surface area contributed by atoms with E-state index in [9.17, 15) is 18.0 Å². The summed E-state index contributed by atoms with van der Waals surface area (Å²) in [6, 6.07) is 1.56. The third kappa shape index (κ3) is 4.73. The molecular weight excluding hydrogens is 405 g/mol. The number of amides is 1. The molecule has 4 rings (SSSR count). The first-order valence-corrected chi connectivity index (χ1v) is 10.1. The van der Waals surface area contributed by atoms with Gasteiger partial charge in [-0.25, -0.2) is 15.0 Å². The zero-order chi connectivity index (χ0) is 20.4. The highest BCUT2D eigenvalue weighted by atomic mass is 32.1. The number of carbonyl (C=O) groups is 1. The van der Waals surface area contributed by atoms with Gasteiger partial charge in [-0.2, -0.15) is 13.2 Å². The van der Waals surface area contributed by atoms with Crippen LogP contribution < -0.4 is 10.6 Å². The number of nitrogens with zero attached hydrogens (tertiary/aromatic N) is 4. The van der Waals surface area contributed by atoms with Crippen LogP contribution in [0, 0.1) is 0 Å². The topological polar surface area (TPSA) is 84.7 Å². The Kier molecular flexibility index (Phi) is 5.50. The van der Waals surface area contributed by atoms with Crippen molar-refractivity contribution in [2.45, 2.75) is 43.9 Å². The van der Waals surface area contributed by atoms with Crippen LogP contribution >= 0.6 is 11.3 Å². The molecule has 1 amide bonds. The van der Waals surface area contributed by atoms with Crippen molar-refractivity contribution in [2.24, 2.45) is 0 Å². The van der Waals surface area contributed by atoms with Gasteiger partial charge >= 0.3 is 6.18 Å². The molecular formula is C18H19F3N6OS. The summed E-state index contributed by atoms with van der Waals surface area (Å²) in [6.07, 6.45) is 3.06. The fourth-order valence-electron chi connectivity index (χ4n) is 3.45. The Morgan fingerprint density at radius 3 is 2.66 bits per heavy atom. The number of hydrogen-bond donors (Lipinski definition) is 2. The highest BCUT2D eigenvalue weighted by molar-refractivity contribution is 7.17. The maximum atomic E-state index is 12.9. The molecule has 0 spiro atoms. The van der Waals surface area contributed by atoms with E-state index in [4.69, 9.17) is 0 Å². The van der Waals surface area contributed by atoms with Crippen LogP contribution in [-0.4, -0.2) is 50.2 Å². The van der Waals surface area contributed by atoms with Gasteiger partial charge in [-0.05, 0) is 37.1 Å². The van der Waals surface area contributed by atoms with Gasteiger partial charge in [0, 0.05) is 24.5 Å². The van der Waals surface area contributed by atoms with Crippen LogP contribution in [-0.2, 0) is 0 Å². The summed E-state index contributed by atoms with van der Waals surface area (Å²) in [5.41, 5.74) is 0.977. The Morgan fingerprint density at radius 2 is 1.97 bits per heavy atom. The lowest BCUT2D eigenvalue weighted by atomic mass is 9.91. The number of rotatable bonds is 5. The molecule has 0 atom stereocenters. The van der Waals surface area contributed by atoms with Gasteiger partial charge in [-0.1, -0.05) is 0 Å². The van der Waals surface area contributed by atoms with Gasteiger partial charge in [0.2, 0.25) is 5.95 Å². The number of halogens is 3. The lowest BCUT2D eigenvalue weighted by Gasteiger charge is -2.30. The maximum Gasteiger partial charge on any atom is 0.401 e. The van der Waals surface area contributed by atoms with Crippen molar-refractivity contribution in [1.82, 2.24) is 30.2 Å². The van der Waals surface area contributed by atoms with E-state index in [1.54, 1.807) is 23.3 Å². The van der Waals surface area contributed by atoms with Crippen LogP contribution in [0.25, 0.3) is 16.2 Å². The first-order valence-electron chi connectivity index (χ1n) is 9.23. The average molecular weight is 424 g/mol. The van der Waals surface area contributed by atoms with Gasteiger partial charge in [0.1, 0.15) is 6.33 Å². The molecule has 1 saturated carbocycles. The SMILES string of the molecule is O=C(N[C@H]1CC[C@H](NCC(F)(F)F)CC1)c1nc(-n2ccnc2)nc2ccsc12. The number of alkyl halides is 3. The molecule has 2 N–H and O–H groups in total. The zero-order valence-corrected chi connectivity index (χ0v) is 16.1. The molecule has 154 valence electrons. The van der Waals surface area contributed by atoms with Crippen LogP contribution in [0.15, 0.2) is 30.2 Å². The maximum absolute atomic E-state index is 12.9. The zero-order valence-electron chi connectivity index (χ0n) is 15.3. The smallest absolute Gasteiger partial charge is 0.348 e. The highest BCUT2D eigenvalue weighted by Crippen LogP contribution is 2.25. The van der Waals surface area contributed by atoms with Gasteiger partial charge < -0.3 is 10.6 Å². The highest BCUT2D eigenvalue weighted by Gasteiger charge is 2.30. The normalized spacial score (nSPS) is 20.1. The summed E-state index contributed by atoms with van der Waals surface area (Å²) in [6.45, 7) is -0.983. The molecule has 0 aromatic carbocycles. The summed E-state index contributed by atoms with van der Waals surface area (Å²) in [5.74, 6) is 0.0616. The van der Waals surface area contributed by atoms with Gasteiger partial charge in [0.05, 0.1) is 16.8 Å². The van der Waals surface area contributed by atoms with E-state index in [-0.39, 0.29) is 18.0 Å². The van der Waals surface area contributed by atoms with Gasteiger partial charge in [-0.15, -0.1) is 11.3 Å². The summed E-state index contributed by atoms with van der Waals surface area (Å²) in [5, 5.41) is 7.38. The lowest BCUT2D eigenvalue weighted by Crippen LogP contribution is -2.44. The molecule has 1 aliphatic rings. The summed E-state index contributed by atoms with van der Waals surface area (Å²) in [7, 11) is 0. The van der Waals surface area contributed by atoms with E-state index >= 15 is 0 Å². The summed E-state index contributed by atoms with van der Waals surface area (Å²) in [4.78, 5) is 25.8. The minimum Gasteiger partial charge on any atom is -0.348 e. The number of fused-ring (bicyclic) bond motifs is 1. The third-order valence-corrected chi connectivity index (χ3v) is 5.81. The molecule has 1 fully saturated rings. The summed E-state index contributed by atoms with van der Waals surface area (Å²) < 4.78 is 39.4. The van der Waals surface area contributed by atoms with Crippen LogP contribution in [0.5, 0.6) is 0 Å². The van der Waals surface area contributed by atoms with Gasteiger partial charge in [0.15, 0.2) is 5.69 Å². The van der Waals surface area contributed by atoms with Crippen molar-refractivity contribution in [1.29, 1.82) is 0 Å². The van der Waals surface area contributed by atoms with Gasteiger partial charge in [0.25, 0.3) is 5.91 Å². The van der Waals surface area contributed by atoms with Crippen molar-refractivity contribution in [3.8, 4) is 5.95 Å². The minimum absolute atomic E-state index is 0.0897. The fourth-order valence-corrected chi connectivity index (χ4v) is 4.27. The number of nitrogens with one attached hydrogen (secondary N) is 2. The van der Waals surface area contributed by atoms with Crippen LogP contribution in [0.2, 0.25) is 0 Å². The second-order valence-corrected chi connectivity index (χ2v) is 7.91. The van der Waals surface area contributed by atoms with E-state index in [2.05, 4.69) is 25.6 Å². The van der Waals surface area contributed by atoms with Gasteiger partial charge in [-0.3, -0.25) is 9.36 Å². The molecule has 0 aliphatic heterocycles. The Morgan fingerprint density at radius 1 is 1.21 bits per heavy atom. The van der Waals surface area contributed by atoms with Crippen molar-refractivity contribution in [3.63, 3.8) is 0 Å². The average Bonchev–Trinajstić information content (AvgIpc) is 3.37. The number of hydrogen-bond acceptors (Lipinski definition) is 6. The quantitative estimate of drug-likeness (QED) is 0.658. The Labute approximate surface area is 168 Å². The first kappa shape index (κ1) is 19.8. The minimum atomic E-state index is -4.21. The van der Waals surface area contributed by atoms with Crippen LogP contribution in [0.1, 0.15) is 36.2 Å². The Balaban J connectivity index is 1.43. The number of imidazole rings is 1. The number of carbonyl (C=O) groups excluding carboxylic acids is 1. The molecule has 29 heavy (non-hydrogen) atoms. The van der Waals surface area contributed by atoms with Crippen LogP contribution in [0.3, 0.4) is 0 Å². The van der Waals surface area contributed by atoms with Crippen molar-refractivity contribution in [3.05, 3.63) is 35.9 Å². The number of aromatic nitrogens is 4. The molecule has 0 radical (unpaired) electrons. The molecule has 0 saturated heterocycles. The first-order chi connectivity index (χ1) is 13.9. The second-order valence-electron chi connectivity index (χ2n) is 7.00. The van der Waals surface area contributed by atoms with Crippen molar-refractivity contribution >= 4 is 27.5 Å². The predicted octanol–water partition coefficient (Wildman–Crippen LogP) is 3.07. The molecule has 0 unspecified atom stereocenters. The molecule has 3 heterocycles. The molecule has 1 aliphatic carbocycles. The van der Waals surface area contributed by atoms with E-state index < -0.39 is 12.7 Å². The molecule has 11 heteroatoms. The largest absolute Gasteiger partial charge is 0.401 e. The fraction of sp³-hybridized carbons (Fsp3) is 0.444. The van der Waals surface area contributed by atoms with Crippen LogP contribution in [0.4, 0.5) is 13.2 Å². The Bertz CT molecular complexity index is 979. The van der Waals surface area contributed by atoms with E-state index in [0.29, 0.717) is 47.5 Å². The van der Waals surface area contributed by atoms with E-state index in [1.165, 1.54) is 11.3 Å². The Hall–Kier alpha value is -2.53. The summed E-state index contributed by atoms with van der Waals surface area (Å²) >= 11 is 1.39. The lowest BCUT2D eigenvalue weighted by molar-refractivity contribution is -0.126. The van der Waals surface area contributed by atoms with E-state index in [1.807, 2.05) is 11.4 Å². The van der Waals surface area contributed by atoms with E-state index in [0.717, 1.165) is 0 Å². The molecule has 3 aromatic heterocycles. The van der Waals surface area contributed by atoms with Crippen molar-refractivity contribution < 1.29 is 18.0 Å². The number of thiophene rings is 1. The third-order valence-electron chi connectivity index (χ3n) is 4.90. The second kappa shape index (κ2) is 8.07. The standard InChI is InChI=1S/C18H19F3N6OS/c19-18(20,21)9-23-11-1-3-12(4-2-11)24-16(28)14-15-13(5-8-29-15)25-17(26-14)27-7-6-22-10-27/h5-8,10-12,23H,1-4,9H2,(H,24,28)/t11-,12-. The van der Waals surface area contributed by atoms with Crippen molar-refractivity contribution in [2.75, 3.05) is 6.54 Å². The predicted molar refractivity (Wildman–Crippen MR) is 102 cm³/mol. The molecule has 0 bridgehead atoms.